The van der Waals surface area contributed by atoms with Gasteiger partial charge in [0, 0.05) is 35.7 Å². The molecule has 33 heavy (non-hydrogen) atoms. The first-order chi connectivity index (χ1) is 16.1. The van der Waals surface area contributed by atoms with Crippen LogP contribution in [0.4, 0.5) is 16.0 Å². The van der Waals surface area contributed by atoms with E-state index in [1.54, 1.807) is 30.6 Å². The van der Waals surface area contributed by atoms with Gasteiger partial charge in [0.1, 0.15) is 17.4 Å². The molecule has 0 saturated heterocycles. The molecule has 1 unspecified atom stereocenters. The fourth-order valence-electron chi connectivity index (χ4n) is 2.75. The number of pyridine rings is 2. The number of nitrogens with one attached hydrogen (secondary N) is 2. The average molecular weight is 470 g/mol. The summed E-state index contributed by atoms with van der Waals surface area (Å²) in [7, 11) is 1.54. The van der Waals surface area contributed by atoms with Gasteiger partial charge in [-0.1, -0.05) is 0 Å². The van der Waals surface area contributed by atoms with Crippen LogP contribution in [0.1, 0.15) is 0 Å². The van der Waals surface area contributed by atoms with Crippen LogP contribution in [0, 0.1) is 5.82 Å². The molecule has 0 aliphatic carbocycles. The second-order valence-corrected chi connectivity index (χ2v) is 7.89. The van der Waals surface area contributed by atoms with Gasteiger partial charge >= 0.3 is 0 Å². The summed E-state index contributed by atoms with van der Waals surface area (Å²) < 4.78 is 24.2. The molecule has 3 N–H and O–H groups in total. The van der Waals surface area contributed by atoms with E-state index in [1.165, 1.54) is 43.1 Å². The summed E-state index contributed by atoms with van der Waals surface area (Å²) in [5, 5.41) is 26.7. The number of thioether (sulfide) groups is 1. The summed E-state index contributed by atoms with van der Waals surface area (Å²) in [5.41, 5.74) is 0.725. The molecule has 4 rings (SSSR count). The van der Waals surface area contributed by atoms with Gasteiger partial charge in [-0.05, 0) is 52.9 Å². The number of H-pyrrole nitrogens is 1. The summed E-state index contributed by atoms with van der Waals surface area (Å²) in [4.78, 5) is 9.62. The van der Waals surface area contributed by atoms with Crippen molar-refractivity contribution in [2.24, 2.45) is 0 Å². The Hall–Kier alpha value is -3.61. The van der Waals surface area contributed by atoms with E-state index >= 15 is 0 Å². The molecule has 1 aromatic carbocycles. The fourth-order valence-corrected chi connectivity index (χ4v) is 3.55. The number of hydrogen-bond donors (Lipinski definition) is 3. The summed E-state index contributed by atoms with van der Waals surface area (Å²) in [6.45, 7) is 0.241. The number of nitrogens with zero attached hydrogens (tertiary/aromatic N) is 5. The normalized spacial score (nSPS) is 11.8. The molecule has 12 heteroatoms. The summed E-state index contributed by atoms with van der Waals surface area (Å²) in [6, 6.07) is 11.0. The Morgan fingerprint density at radius 2 is 2.00 bits per heavy atom. The van der Waals surface area contributed by atoms with E-state index in [9.17, 15) is 9.50 Å². The highest BCUT2D eigenvalue weighted by Crippen LogP contribution is 2.34. The van der Waals surface area contributed by atoms with E-state index in [4.69, 9.17) is 9.47 Å². The molecular formula is C21H20FN7O3S. The van der Waals surface area contributed by atoms with Crippen molar-refractivity contribution in [2.45, 2.75) is 11.0 Å². The van der Waals surface area contributed by atoms with Crippen LogP contribution in [-0.2, 0) is 4.74 Å². The molecule has 0 fully saturated rings. The van der Waals surface area contributed by atoms with Crippen molar-refractivity contribution in [3.05, 3.63) is 60.7 Å². The number of tetrazole rings is 1. The molecule has 3 aromatic heterocycles. The van der Waals surface area contributed by atoms with Crippen molar-refractivity contribution in [3.8, 4) is 22.9 Å². The largest absolute Gasteiger partial charge is 0.453 e. The number of benzene rings is 1. The lowest BCUT2D eigenvalue weighted by molar-refractivity contribution is 0.0794. The van der Waals surface area contributed by atoms with E-state index in [0.29, 0.717) is 34.7 Å². The quantitative estimate of drug-likeness (QED) is 0.297. The topological polar surface area (TPSA) is 131 Å². The molecule has 1 atom stereocenters. The average Bonchev–Trinajstić information content (AvgIpc) is 3.36. The maximum atomic E-state index is 13.3. The van der Waals surface area contributed by atoms with E-state index < -0.39 is 6.10 Å². The summed E-state index contributed by atoms with van der Waals surface area (Å²) >= 11 is 1.41. The number of halogens is 1. The van der Waals surface area contributed by atoms with Gasteiger partial charge in [0.2, 0.25) is 0 Å². The van der Waals surface area contributed by atoms with Gasteiger partial charge in [-0.2, -0.15) is 0 Å². The smallest absolute Gasteiger partial charge is 0.180 e. The van der Waals surface area contributed by atoms with Crippen LogP contribution in [0.15, 0.2) is 59.8 Å². The Morgan fingerprint density at radius 1 is 1.15 bits per heavy atom. The van der Waals surface area contributed by atoms with Crippen molar-refractivity contribution in [2.75, 3.05) is 24.8 Å². The molecule has 0 saturated carbocycles. The van der Waals surface area contributed by atoms with Crippen molar-refractivity contribution < 1.29 is 19.0 Å². The lowest BCUT2D eigenvalue weighted by atomic mass is 10.2. The zero-order valence-corrected chi connectivity index (χ0v) is 18.3. The minimum atomic E-state index is -0.610. The van der Waals surface area contributed by atoms with E-state index in [1.807, 2.05) is 0 Å². The number of rotatable bonds is 10. The third-order valence-electron chi connectivity index (χ3n) is 4.30. The SMILES string of the molecule is COCC(O)CSc1cnc(Nc2ccc(-c3nnn[nH]3)cn2)c(Oc2ccc(F)cc2)c1. The predicted octanol–water partition coefficient (Wildman–Crippen LogP) is 3.43. The number of aliphatic hydroxyl groups excluding tert-OH is 1. The van der Waals surface area contributed by atoms with Crippen molar-refractivity contribution in [1.82, 2.24) is 30.6 Å². The van der Waals surface area contributed by atoms with Crippen LogP contribution in [0.25, 0.3) is 11.4 Å². The Kier molecular flexibility index (Phi) is 7.40. The second-order valence-electron chi connectivity index (χ2n) is 6.80. The highest BCUT2D eigenvalue weighted by atomic mass is 32.2. The van der Waals surface area contributed by atoms with Crippen LogP contribution in [0.5, 0.6) is 11.5 Å². The van der Waals surface area contributed by atoms with Crippen LogP contribution in [-0.4, -0.2) is 61.3 Å². The molecule has 170 valence electrons. The number of anilines is 2. The number of aromatic nitrogens is 6. The summed E-state index contributed by atoms with van der Waals surface area (Å²) in [5.74, 6) is 2.38. The number of hydrogen-bond acceptors (Lipinski definition) is 10. The molecule has 3 heterocycles. The first-order valence-corrected chi connectivity index (χ1v) is 10.8. The zero-order chi connectivity index (χ0) is 23.0. The lowest BCUT2D eigenvalue weighted by Crippen LogP contribution is -2.16. The molecule has 0 aliphatic rings. The third kappa shape index (κ3) is 6.22. The Balaban J connectivity index is 1.55. The molecule has 0 amide bonds. The first kappa shape index (κ1) is 22.6. The second kappa shape index (κ2) is 10.8. The molecule has 0 radical (unpaired) electrons. The maximum Gasteiger partial charge on any atom is 0.180 e. The Bertz CT molecular complexity index is 1160. The Morgan fingerprint density at radius 3 is 2.70 bits per heavy atom. The molecule has 0 bridgehead atoms. The minimum absolute atomic E-state index is 0.241. The predicted molar refractivity (Wildman–Crippen MR) is 120 cm³/mol. The van der Waals surface area contributed by atoms with Crippen molar-refractivity contribution in [3.63, 3.8) is 0 Å². The third-order valence-corrected chi connectivity index (χ3v) is 5.41. The summed E-state index contributed by atoms with van der Waals surface area (Å²) in [6.07, 6.45) is 2.67. The fraction of sp³-hybridized carbons (Fsp3) is 0.190. The van der Waals surface area contributed by atoms with Crippen LogP contribution in [0.2, 0.25) is 0 Å². The monoisotopic (exact) mass is 469 g/mol. The highest BCUT2D eigenvalue weighted by molar-refractivity contribution is 7.99. The number of ether oxygens (including phenoxy) is 2. The molecule has 10 nitrogen and oxygen atoms in total. The molecule has 4 aromatic rings. The molecular weight excluding hydrogens is 449 g/mol. The van der Waals surface area contributed by atoms with Gasteiger partial charge in [-0.25, -0.2) is 19.5 Å². The van der Waals surface area contributed by atoms with Crippen LogP contribution < -0.4 is 10.1 Å². The maximum absolute atomic E-state index is 13.3. The van der Waals surface area contributed by atoms with Gasteiger partial charge in [0.05, 0.1) is 12.7 Å². The number of methoxy groups -OCH3 is 1. The Labute approximate surface area is 192 Å². The van der Waals surface area contributed by atoms with Crippen LogP contribution >= 0.6 is 11.8 Å². The minimum Gasteiger partial charge on any atom is -0.453 e. The highest BCUT2D eigenvalue weighted by Gasteiger charge is 2.13. The van der Waals surface area contributed by atoms with Gasteiger partial charge < -0.3 is 19.9 Å². The van der Waals surface area contributed by atoms with Gasteiger partial charge in [-0.15, -0.1) is 16.9 Å². The zero-order valence-electron chi connectivity index (χ0n) is 17.5. The standard InChI is InChI=1S/C21H20FN7O3S/c1-31-11-15(30)12-33-17-8-18(32-16-5-3-14(22)4-6-16)21(24-10-17)25-19-7-2-13(9-23-19)20-26-28-29-27-20/h2-10,15,30H,11-12H2,1H3,(H,23,24,25)(H,26,27,28,29). The number of aromatic amines is 1. The van der Waals surface area contributed by atoms with Crippen LogP contribution in [0.3, 0.4) is 0 Å². The van der Waals surface area contributed by atoms with Gasteiger partial charge in [0.15, 0.2) is 17.4 Å². The van der Waals surface area contributed by atoms with Crippen molar-refractivity contribution >= 4 is 23.4 Å². The van der Waals surface area contributed by atoms with Crippen molar-refractivity contribution in [1.29, 1.82) is 0 Å². The molecule has 0 spiro atoms. The lowest BCUT2D eigenvalue weighted by Gasteiger charge is -2.14. The first-order valence-electron chi connectivity index (χ1n) is 9.81. The van der Waals surface area contributed by atoms with Gasteiger partial charge in [-0.3, -0.25) is 0 Å². The van der Waals surface area contributed by atoms with E-state index in [0.717, 1.165) is 10.5 Å². The molecule has 0 aliphatic heterocycles. The number of aliphatic hydroxyl groups is 1. The van der Waals surface area contributed by atoms with E-state index in [2.05, 4.69) is 35.9 Å². The van der Waals surface area contributed by atoms with E-state index in [-0.39, 0.29) is 12.4 Å². The van der Waals surface area contributed by atoms with Gasteiger partial charge in [0.25, 0.3) is 0 Å².